The summed E-state index contributed by atoms with van der Waals surface area (Å²) < 4.78 is 98.4. The van der Waals surface area contributed by atoms with Crippen molar-refractivity contribution in [2.75, 3.05) is 19.6 Å². The van der Waals surface area contributed by atoms with E-state index in [1.807, 2.05) is 0 Å². The number of aryl methyl sites for hydroxylation is 1. The predicted octanol–water partition coefficient (Wildman–Crippen LogP) is 7.19. The lowest BCUT2D eigenvalue weighted by molar-refractivity contribution is -0.143. The number of nitrogens with zero attached hydrogens (tertiary/aromatic N) is 1. The molecule has 12 heteroatoms. The van der Waals surface area contributed by atoms with Crippen molar-refractivity contribution in [3.8, 4) is 0 Å². The summed E-state index contributed by atoms with van der Waals surface area (Å²) in [4.78, 5) is 27.2. The molecule has 2 aromatic carbocycles. The lowest BCUT2D eigenvalue weighted by Crippen LogP contribution is -2.48. The topological polar surface area (TPSA) is 58.6 Å². The summed E-state index contributed by atoms with van der Waals surface area (Å²) in [6.45, 7) is 7.29. The SMILES string of the molecule is Cc1cc(F)ccc1C1(CC(=O)NCCc2cc(C(F)(F)F)cc(C(F)(F)F)c2)CCN(C(=O)OC(C)(C)C)CC1. The average molecular weight is 591 g/mol. The minimum atomic E-state index is -4.97. The van der Waals surface area contributed by atoms with Crippen LogP contribution in [0.5, 0.6) is 0 Å². The Balaban J connectivity index is 1.75. The highest BCUT2D eigenvalue weighted by Crippen LogP contribution is 2.41. The Morgan fingerprint density at radius 3 is 1.98 bits per heavy atom. The number of rotatable bonds is 6. The number of halogens is 7. The molecule has 0 radical (unpaired) electrons. The van der Waals surface area contributed by atoms with Crippen LogP contribution in [0.3, 0.4) is 0 Å². The number of carbonyl (C=O) groups excluding carboxylic acids is 2. The zero-order valence-electron chi connectivity index (χ0n) is 23.2. The Kier molecular flexibility index (Phi) is 9.34. The first-order valence-corrected chi connectivity index (χ1v) is 13.1. The highest BCUT2D eigenvalue weighted by Gasteiger charge is 2.41. The smallest absolute Gasteiger partial charge is 0.416 e. The molecule has 0 bridgehead atoms. The van der Waals surface area contributed by atoms with Crippen LogP contribution in [-0.4, -0.2) is 42.1 Å². The molecule has 0 spiro atoms. The molecular weight excluding hydrogens is 557 g/mol. The van der Waals surface area contributed by atoms with Crippen LogP contribution in [0.2, 0.25) is 0 Å². The third-order valence-corrected chi connectivity index (χ3v) is 7.01. The van der Waals surface area contributed by atoms with Crippen LogP contribution >= 0.6 is 0 Å². The summed E-state index contributed by atoms with van der Waals surface area (Å²) in [5, 5.41) is 2.60. The Morgan fingerprint density at radius 2 is 1.49 bits per heavy atom. The van der Waals surface area contributed by atoms with Gasteiger partial charge in [0.25, 0.3) is 0 Å². The van der Waals surface area contributed by atoms with Gasteiger partial charge in [0.05, 0.1) is 11.1 Å². The second-order valence-corrected chi connectivity index (χ2v) is 11.4. The van der Waals surface area contributed by atoms with Crippen LogP contribution in [-0.2, 0) is 33.7 Å². The Bertz CT molecular complexity index is 1230. The number of benzene rings is 2. The lowest BCUT2D eigenvalue weighted by Gasteiger charge is -2.42. The van der Waals surface area contributed by atoms with E-state index in [1.165, 1.54) is 17.0 Å². The molecular formula is C29H33F7N2O3. The van der Waals surface area contributed by atoms with Crippen molar-refractivity contribution in [1.29, 1.82) is 0 Å². The Hall–Kier alpha value is -3.31. The van der Waals surface area contributed by atoms with Gasteiger partial charge >= 0.3 is 18.4 Å². The van der Waals surface area contributed by atoms with Gasteiger partial charge in [0, 0.05) is 31.5 Å². The number of amides is 2. The normalized spacial score (nSPS) is 15.9. The van der Waals surface area contributed by atoms with Gasteiger partial charge < -0.3 is 15.0 Å². The van der Waals surface area contributed by atoms with E-state index in [0.29, 0.717) is 30.5 Å². The zero-order chi connectivity index (χ0) is 30.8. The van der Waals surface area contributed by atoms with Crippen molar-refractivity contribution in [2.45, 2.75) is 76.7 Å². The molecule has 1 aliphatic rings. The molecule has 0 saturated carbocycles. The highest BCUT2D eigenvalue weighted by molar-refractivity contribution is 5.78. The van der Waals surface area contributed by atoms with E-state index in [2.05, 4.69) is 5.32 Å². The van der Waals surface area contributed by atoms with E-state index in [4.69, 9.17) is 4.74 Å². The molecule has 2 aromatic rings. The maximum absolute atomic E-state index is 13.9. The highest BCUT2D eigenvalue weighted by atomic mass is 19.4. The molecule has 0 aliphatic carbocycles. The first-order chi connectivity index (χ1) is 18.8. The van der Waals surface area contributed by atoms with Crippen molar-refractivity contribution in [3.05, 3.63) is 70.0 Å². The first-order valence-electron chi connectivity index (χ1n) is 13.1. The fraction of sp³-hybridized carbons (Fsp3) is 0.517. The number of ether oxygens (including phenoxy) is 1. The molecule has 226 valence electrons. The van der Waals surface area contributed by atoms with E-state index in [1.54, 1.807) is 33.8 Å². The predicted molar refractivity (Wildman–Crippen MR) is 138 cm³/mol. The summed E-state index contributed by atoms with van der Waals surface area (Å²) in [5.41, 5.74) is -3.19. The summed E-state index contributed by atoms with van der Waals surface area (Å²) in [6, 6.07) is 5.56. The standard InChI is InChI=1S/C29H33F7N2O3/c1-18-13-22(30)5-6-23(18)27(8-11-38(12-9-27)25(40)41-26(2,3)4)17-24(39)37-10-7-19-14-20(28(31,32)33)16-21(15-19)29(34,35)36/h5-6,13-16H,7-12,17H2,1-4H3,(H,37,39). The number of hydrogen-bond acceptors (Lipinski definition) is 3. The first kappa shape index (κ1) is 32.2. The van der Waals surface area contributed by atoms with Crippen molar-refractivity contribution >= 4 is 12.0 Å². The van der Waals surface area contributed by atoms with Gasteiger partial charge in [-0.3, -0.25) is 4.79 Å². The fourth-order valence-corrected chi connectivity index (χ4v) is 5.09. The summed E-state index contributed by atoms with van der Waals surface area (Å²) in [5.74, 6) is -0.918. The molecule has 1 fully saturated rings. The third-order valence-electron chi connectivity index (χ3n) is 7.01. The van der Waals surface area contributed by atoms with Crippen LogP contribution in [0.1, 0.15) is 67.9 Å². The van der Waals surface area contributed by atoms with Crippen LogP contribution in [0.25, 0.3) is 0 Å². The van der Waals surface area contributed by atoms with Gasteiger partial charge in [0.1, 0.15) is 11.4 Å². The van der Waals surface area contributed by atoms with Crippen LogP contribution in [0.4, 0.5) is 35.5 Å². The van der Waals surface area contributed by atoms with E-state index in [9.17, 15) is 40.3 Å². The number of carbonyl (C=O) groups is 2. The van der Waals surface area contributed by atoms with Crippen molar-refractivity contribution < 1.29 is 45.1 Å². The van der Waals surface area contributed by atoms with Gasteiger partial charge in [0.15, 0.2) is 0 Å². The van der Waals surface area contributed by atoms with Crippen LogP contribution in [0, 0.1) is 12.7 Å². The molecule has 1 heterocycles. The second kappa shape index (κ2) is 11.9. The minimum absolute atomic E-state index is 0.0561. The van der Waals surface area contributed by atoms with Gasteiger partial charge in [-0.25, -0.2) is 9.18 Å². The van der Waals surface area contributed by atoms with E-state index in [0.717, 1.165) is 5.56 Å². The number of hydrogen-bond donors (Lipinski definition) is 1. The minimum Gasteiger partial charge on any atom is -0.444 e. The van der Waals surface area contributed by atoms with Gasteiger partial charge in [-0.1, -0.05) is 6.07 Å². The molecule has 1 saturated heterocycles. The molecule has 1 N–H and O–H groups in total. The molecule has 0 aromatic heterocycles. The Morgan fingerprint density at radius 1 is 0.927 bits per heavy atom. The lowest BCUT2D eigenvalue weighted by atomic mass is 9.69. The summed E-state index contributed by atoms with van der Waals surface area (Å²) >= 11 is 0. The Labute approximate surface area is 234 Å². The number of nitrogens with one attached hydrogen (secondary N) is 1. The maximum atomic E-state index is 13.9. The molecule has 0 unspecified atom stereocenters. The molecule has 5 nitrogen and oxygen atoms in total. The molecule has 0 atom stereocenters. The summed E-state index contributed by atoms with van der Waals surface area (Å²) in [7, 11) is 0. The maximum Gasteiger partial charge on any atom is 0.416 e. The van der Waals surface area contributed by atoms with E-state index in [-0.39, 0.29) is 44.1 Å². The van der Waals surface area contributed by atoms with Crippen molar-refractivity contribution in [3.63, 3.8) is 0 Å². The monoisotopic (exact) mass is 590 g/mol. The molecule has 41 heavy (non-hydrogen) atoms. The van der Waals surface area contributed by atoms with Gasteiger partial charge in [0.2, 0.25) is 5.91 Å². The quantitative estimate of drug-likeness (QED) is 0.363. The van der Waals surface area contributed by atoms with Gasteiger partial charge in [-0.05, 0) is 94.0 Å². The number of piperidine rings is 1. The van der Waals surface area contributed by atoms with E-state index >= 15 is 0 Å². The fourth-order valence-electron chi connectivity index (χ4n) is 5.09. The zero-order valence-corrected chi connectivity index (χ0v) is 23.2. The average Bonchev–Trinajstić information content (AvgIpc) is 2.82. The molecule has 2 amide bonds. The largest absolute Gasteiger partial charge is 0.444 e. The third kappa shape index (κ3) is 8.59. The van der Waals surface area contributed by atoms with Gasteiger partial charge in [-0.2, -0.15) is 26.3 Å². The van der Waals surface area contributed by atoms with Crippen LogP contribution in [0.15, 0.2) is 36.4 Å². The second-order valence-electron chi connectivity index (χ2n) is 11.4. The molecule has 1 aliphatic heterocycles. The van der Waals surface area contributed by atoms with E-state index < -0.39 is 52.3 Å². The number of alkyl halides is 6. The van der Waals surface area contributed by atoms with Gasteiger partial charge in [-0.15, -0.1) is 0 Å². The van der Waals surface area contributed by atoms with Crippen LogP contribution < -0.4 is 5.32 Å². The molecule has 3 rings (SSSR count). The van der Waals surface area contributed by atoms with Crippen molar-refractivity contribution in [2.24, 2.45) is 0 Å². The van der Waals surface area contributed by atoms with Crippen molar-refractivity contribution in [1.82, 2.24) is 10.2 Å². The summed E-state index contributed by atoms with van der Waals surface area (Å²) in [6.07, 6.45) is -10.0. The number of likely N-dealkylation sites (tertiary alicyclic amines) is 1.